The van der Waals surface area contributed by atoms with Gasteiger partial charge in [-0.1, -0.05) is 24.3 Å². The Balaban J connectivity index is 0.00000169. The molecule has 26 heavy (non-hydrogen) atoms. The Kier molecular flexibility index (Phi) is 8.25. The van der Waals surface area contributed by atoms with Gasteiger partial charge >= 0.3 is 0 Å². The second-order valence-electron chi connectivity index (χ2n) is 5.39. The van der Waals surface area contributed by atoms with E-state index in [2.05, 4.69) is 15.5 Å². The SMILES string of the molecule is Cl.Cl.NCC(C(=O)Nc1ccc(-c2cn[nH]c2)cc1)c1ccc(F)cc1. The van der Waals surface area contributed by atoms with E-state index < -0.39 is 5.92 Å². The third-order valence-corrected chi connectivity index (χ3v) is 3.81. The Morgan fingerprint density at radius 2 is 1.73 bits per heavy atom. The molecule has 1 heterocycles. The maximum Gasteiger partial charge on any atom is 0.233 e. The number of carbonyl (C=O) groups excluding carboxylic acids is 1. The highest BCUT2D eigenvalue weighted by Gasteiger charge is 2.19. The van der Waals surface area contributed by atoms with E-state index in [4.69, 9.17) is 5.73 Å². The summed E-state index contributed by atoms with van der Waals surface area (Å²) in [4.78, 5) is 12.4. The summed E-state index contributed by atoms with van der Waals surface area (Å²) in [5.41, 5.74) is 9.05. The van der Waals surface area contributed by atoms with E-state index in [1.165, 1.54) is 12.1 Å². The molecule has 0 aliphatic rings. The number of aromatic amines is 1. The average Bonchev–Trinajstić information content (AvgIpc) is 3.12. The third-order valence-electron chi connectivity index (χ3n) is 3.81. The number of nitrogens with zero attached hydrogens (tertiary/aromatic N) is 1. The highest BCUT2D eigenvalue weighted by Crippen LogP contribution is 2.22. The van der Waals surface area contributed by atoms with Crippen LogP contribution in [0.25, 0.3) is 11.1 Å². The van der Waals surface area contributed by atoms with Gasteiger partial charge in [0.05, 0.1) is 12.1 Å². The first-order chi connectivity index (χ1) is 11.7. The van der Waals surface area contributed by atoms with Gasteiger partial charge in [-0.3, -0.25) is 9.89 Å². The molecule has 0 aliphatic heterocycles. The van der Waals surface area contributed by atoms with Crippen molar-refractivity contribution in [3.8, 4) is 11.1 Å². The lowest BCUT2D eigenvalue weighted by molar-refractivity contribution is -0.117. The van der Waals surface area contributed by atoms with Crippen LogP contribution in [0.1, 0.15) is 11.5 Å². The van der Waals surface area contributed by atoms with E-state index in [9.17, 15) is 9.18 Å². The van der Waals surface area contributed by atoms with Gasteiger partial charge in [0.25, 0.3) is 0 Å². The summed E-state index contributed by atoms with van der Waals surface area (Å²) >= 11 is 0. The van der Waals surface area contributed by atoms with Gasteiger partial charge in [0.1, 0.15) is 5.82 Å². The molecule has 0 saturated heterocycles. The summed E-state index contributed by atoms with van der Waals surface area (Å²) < 4.78 is 13.0. The van der Waals surface area contributed by atoms with E-state index in [1.807, 2.05) is 24.3 Å². The smallest absolute Gasteiger partial charge is 0.233 e. The van der Waals surface area contributed by atoms with Gasteiger partial charge in [0.2, 0.25) is 5.91 Å². The van der Waals surface area contributed by atoms with Gasteiger partial charge in [0.15, 0.2) is 0 Å². The molecule has 1 amide bonds. The maximum absolute atomic E-state index is 13.0. The lowest BCUT2D eigenvalue weighted by atomic mass is 9.98. The topological polar surface area (TPSA) is 83.8 Å². The fourth-order valence-corrected chi connectivity index (χ4v) is 2.47. The molecule has 0 fully saturated rings. The monoisotopic (exact) mass is 396 g/mol. The third kappa shape index (κ3) is 5.05. The van der Waals surface area contributed by atoms with Crippen LogP contribution >= 0.6 is 24.8 Å². The van der Waals surface area contributed by atoms with Gasteiger partial charge in [0, 0.05) is 24.0 Å². The standard InChI is InChI=1S/C18H17FN4O.2ClH/c19-15-5-1-13(2-6-15)17(9-20)18(24)23-16-7-3-12(4-8-16)14-10-21-22-11-14;;/h1-8,10-11,17H,9,20H2,(H,21,22)(H,23,24);2*1H. The predicted octanol–water partition coefficient (Wildman–Crippen LogP) is 3.74. The molecule has 0 saturated carbocycles. The number of benzene rings is 2. The van der Waals surface area contributed by atoms with Crippen LogP contribution in [0, 0.1) is 5.82 Å². The van der Waals surface area contributed by atoms with Gasteiger partial charge in [-0.25, -0.2) is 4.39 Å². The lowest BCUT2D eigenvalue weighted by Gasteiger charge is -2.15. The van der Waals surface area contributed by atoms with Crippen LogP contribution in [-0.2, 0) is 4.79 Å². The zero-order valence-electron chi connectivity index (χ0n) is 13.7. The molecule has 3 aromatic rings. The normalized spacial score (nSPS) is 11.0. The second kappa shape index (κ2) is 9.91. The number of anilines is 1. The molecule has 0 spiro atoms. The van der Waals surface area contributed by atoms with Crippen molar-refractivity contribution in [1.29, 1.82) is 0 Å². The first-order valence-electron chi connectivity index (χ1n) is 7.53. The fraction of sp³-hybridized carbons (Fsp3) is 0.111. The number of carbonyl (C=O) groups is 1. The van der Waals surface area contributed by atoms with Gasteiger partial charge in [-0.2, -0.15) is 5.10 Å². The Labute approximate surface area is 163 Å². The largest absolute Gasteiger partial charge is 0.329 e. The Hall–Kier alpha value is -2.41. The van der Waals surface area contributed by atoms with Crippen molar-refractivity contribution in [2.75, 3.05) is 11.9 Å². The summed E-state index contributed by atoms with van der Waals surface area (Å²) in [6, 6.07) is 13.2. The van der Waals surface area contributed by atoms with Crippen LogP contribution in [0.4, 0.5) is 10.1 Å². The number of amides is 1. The van der Waals surface area contributed by atoms with Crippen molar-refractivity contribution < 1.29 is 9.18 Å². The zero-order chi connectivity index (χ0) is 16.9. The molecule has 8 heteroatoms. The molecule has 1 atom stereocenters. The molecule has 1 aromatic heterocycles. The van der Waals surface area contributed by atoms with E-state index in [1.54, 1.807) is 24.5 Å². The fourth-order valence-electron chi connectivity index (χ4n) is 2.47. The van der Waals surface area contributed by atoms with Crippen molar-refractivity contribution in [1.82, 2.24) is 10.2 Å². The summed E-state index contributed by atoms with van der Waals surface area (Å²) in [5.74, 6) is -1.09. The van der Waals surface area contributed by atoms with Crippen LogP contribution in [0.3, 0.4) is 0 Å². The van der Waals surface area contributed by atoms with E-state index >= 15 is 0 Å². The molecule has 4 N–H and O–H groups in total. The molecule has 0 aliphatic carbocycles. The summed E-state index contributed by atoms with van der Waals surface area (Å²) in [7, 11) is 0. The lowest BCUT2D eigenvalue weighted by Crippen LogP contribution is -2.27. The first kappa shape index (κ1) is 21.6. The molecule has 138 valence electrons. The van der Waals surface area contributed by atoms with Gasteiger partial charge in [-0.15, -0.1) is 24.8 Å². The summed E-state index contributed by atoms with van der Waals surface area (Å²) in [6.07, 6.45) is 3.53. The first-order valence-corrected chi connectivity index (χ1v) is 7.53. The molecular weight excluding hydrogens is 378 g/mol. The van der Waals surface area contributed by atoms with Crippen molar-refractivity contribution in [2.24, 2.45) is 5.73 Å². The van der Waals surface area contributed by atoms with Gasteiger partial charge in [-0.05, 0) is 35.4 Å². The quantitative estimate of drug-likeness (QED) is 0.613. The molecule has 5 nitrogen and oxygen atoms in total. The Bertz CT molecular complexity index is 808. The summed E-state index contributed by atoms with van der Waals surface area (Å²) in [6.45, 7) is 0.143. The minimum atomic E-state index is -0.529. The van der Waals surface area contributed by atoms with Crippen molar-refractivity contribution in [3.05, 3.63) is 72.3 Å². The number of nitrogens with one attached hydrogen (secondary N) is 2. The highest BCUT2D eigenvalue weighted by atomic mass is 35.5. The maximum atomic E-state index is 13.0. The molecule has 1 unspecified atom stereocenters. The van der Waals surface area contributed by atoms with Gasteiger partial charge < -0.3 is 11.1 Å². The number of hydrogen-bond donors (Lipinski definition) is 3. The summed E-state index contributed by atoms with van der Waals surface area (Å²) in [5, 5.41) is 9.51. The van der Waals surface area contributed by atoms with E-state index in [-0.39, 0.29) is 43.1 Å². The van der Waals surface area contributed by atoms with Crippen LogP contribution in [-0.4, -0.2) is 22.6 Å². The molecule has 0 bridgehead atoms. The number of halogens is 3. The highest BCUT2D eigenvalue weighted by molar-refractivity contribution is 5.96. The second-order valence-corrected chi connectivity index (χ2v) is 5.39. The predicted molar refractivity (Wildman–Crippen MR) is 105 cm³/mol. The zero-order valence-corrected chi connectivity index (χ0v) is 15.3. The Morgan fingerprint density at radius 1 is 1.08 bits per heavy atom. The minimum absolute atomic E-state index is 0. The van der Waals surface area contributed by atoms with Crippen LogP contribution in [0.15, 0.2) is 60.9 Å². The minimum Gasteiger partial charge on any atom is -0.329 e. The van der Waals surface area contributed by atoms with Crippen molar-refractivity contribution in [2.45, 2.75) is 5.92 Å². The number of nitrogens with two attached hydrogens (primary N) is 1. The van der Waals surface area contributed by atoms with Crippen LogP contribution < -0.4 is 11.1 Å². The average molecular weight is 397 g/mol. The molecule has 0 radical (unpaired) electrons. The van der Waals surface area contributed by atoms with Crippen molar-refractivity contribution in [3.63, 3.8) is 0 Å². The van der Waals surface area contributed by atoms with Crippen LogP contribution in [0.2, 0.25) is 0 Å². The van der Waals surface area contributed by atoms with E-state index in [0.717, 1.165) is 11.1 Å². The Morgan fingerprint density at radius 3 is 2.27 bits per heavy atom. The number of aromatic nitrogens is 2. The number of hydrogen-bond acceptors (Lipinski definition) is 3. The molecule has 3 rings (SSSR count). The van der Waals surface area contributed by atoms with Crippen LogP contribution in [0.5, 0.6) is 0 Å². The molecule has 2 aromatic carbocycles. The number of H-pyrrole nitrogens is 1. The number of rotatable bonds is 5. The van der Waals surface area contributed by atoms with E-state index in [0.29, 0.717) is 11.3 Å². The van der Waals surface area contributed by atoms with Crippen molar-refractivity contribution >= 4 is 36.4 Å². The molecular formula is C18H19Cl2FN4O.